The Kier molecular flexibility index (Phi) is 7.23. The highest BCUT2D eigenvalue weighted by molar-refractivity contribution is 6.46. The number of carbonyl (C=O) groups excluding carboxylic acids is 2. The van der Waals surface area contributed by atoms with Crippen LogP contribution in [0.4, 0.5) is 0 Å². The molecule has 3 rings (SSSR count). The monoisotopic (exact) mass is 437 g/mol. The van der Waals surface area contributed by atoms with Gasteiger partial charge < -0.3 is 19.5 Å². The standard InChI is InChI=1S/C26H31NO5/c1-6-13-27-23(18-7-10-20(31-5)11-8-18)22(25(29)26(27)30)24(28)19-9-12-21(17(4)14-19)32-15-16(2)3/h7-12,14,16,23,28H,6,13,15H2,1-5H3/b24-22-. The molecule has 1 amide bonds. The molecule has 0 spiro atoms. The Morgan fingerprint density at radius 3 is 2.38 bits per heavy atom. The summed E-state index contributed by atoms with van der Waals surface area (Å²) in [5.41, 5.74) is 2.17. The van der Waals surface area contributed by atoms with Gasteiger partial charge in [0.15, 0.2) is 0 Å². The van der Waals surface area contributed by atoms with Crippen LogP contribution in [0.3, 0.4) is 0 Å². The predicted octanol–water partition coefficient (Wildman–Crippen LogP) is 4.87. The summed E-state index contributed by atoms with van der Waals surface area (Å²) >= 11 is 0. The van der Waals surface area contributed by atoms with Crippen LogP contribution < -0.4 is 9.47 Å². The fourth-order valence-electron chi connectivity index (χ4n) is 3.85. The molecule has 1 saturated heterocycles. The molecule has 0 aromatic heterocycles. The van der Waals surface area contributed by atoms with Gasteiger partial charge in [0.05, 0.1) is 25.3 Å². The number of carbonyl (C=O) groups is 2. The number of aliphatic hydroxyl groups excluding tert-OH is 1. The number of Topliss-reactive ketones (excluding diaryl/α,β-unsaturated/α-hetero) is 1. The summed E-state index contributed by atoms with van der Waals surface area (Å²) in [4.78, 5) is 27.3. The van der Waals surface area contributed by atoms with Crippen LogP contribution in [0.25, 0.3) is 5.76 Å². The van der Waals surface area contributed by atoms with Crippen LogP contribution in [0.15, 0.2) is 48.0 Å². The maximum atomic E-state index is 13.0. The lowest BCUT2D eigenvalue weighted by molar-refractivity contribution is -0.139. The lowest BCUT2D eigenvalue weighted by Crippen LogP contribution is -2.30. The van der Waals surface area contributed by atoms with E-state index in [9.17, 15) is 14.7 Å². The van der Waals surface area contributed by atoms with Crippen LogP contribution in [-0.2, 0) is 9.59 Å². The van der Waals surface area contributed by atoms with Gasteiger partial charge in [0.25, 0.3) is 11.7 Å². The van der Waals surface area contributed by atoms with Crippen molar-refractivity contribution in [2.75, 3.05) is 20.3 Å². The highest BCUT2D eigenvalue weighted by atomic mass is 16.5. The van der Waals surface area contributed by atoms with Gasteiger partial charge in [-0.25, -0.2) is 0 Å². The Morgan fingerprint density at radius 1 is 1.12 bits per heavy atom. The normalized spacial score (nSPS) is 17.8. The van der Waals surface area contributed by atoms with E-state index in [2.05, 4.69) is 13.8 Å². The van der Waals surface area contributed by atoms with Gasteiger partial charge in [-0.1, -0.05) is 32.9 Å². The maximum Gasteiger partial charge on any atom is 0.295 e. The largest absolute Gasteiger partial charge is 0.507 e. The van der Waals surface area contributed by atoms with E-state index in [0.717, 1.165) is 16.9 Å². The van der Waals surface area contributed by atoms with Crippen molar-refractivity contribution < 1.29 is 24.2 Å². The first-order valence-corrected chi connectivity index (χ1v) is 10.9. The Hall–Kier alpha value is -3.28. The fourth-order valence-corrected chi connectivity index (χ4v) is 3.85. The summed E-state index contributed by atoms with van der Waals surface area (Å²) in [5.74, 6) is 0.349. The first-order valence-electron chi connectivity index (χ1n) is 10.9. The van der Waals surface area contributed by atoms with Crippen molar-refractivity contribution in [3.63, 3.8) is 0 Å². The van der Waals surface area contributed by atoms with Crippen molar-refractivity contribution in [1.82, 2.24) is 4.90 Å². The minimum Gasteiger partial charge on any atom is -0.507 e. The number of aliphatic hydroxyl groups is 1. The third-order valence-electron chi connectivity index (χ3n) is 5.46. The van der Waals surface area contributed by atoms with Gasteiger partial charge >= 0.3 is 0 Å². The number of rotatable bonds is 8. The van der Waals surface area contributed by atoms with Gasteiger partial charge in [-0.05, 0) is 60.7 Å². The molecule has 0 radical (unpaired) electrons. The third kappa shape index (κ3) is 4.64. The van der Waals surface area contributed by atoms with Gasteiger partial charge in [0, 0.05) is 12.1 Å². The number of likely N-dealkylation sites (tertiary alicyclic amines) is 1. The van der Waals surface area contributed by atoms with Gasteiger partial charge in [-0.2, -0.15) is 0 Å². The molecule has 6 nitrogen and oxygen atoms in total. The molecule has 1 unspecified atom stereocenters. The summed E-state index contributed by atoms with van der Waals surface area (Å²) in [6.07, 6.45) is 0.695. The Balaban J connectivity index is 2.07. The topological polar surface area (TPSA) is 76.1 Å². The number of hydrogen-bond donors (Lipinski definition) is 1. The summed E-state index contributed by atoms with van der Waals surface area (Å²) in [5, 5.41) is 11.2. The van der Waals surface area contributed by atoms with Crippen molar-refractivity contribution in [3.8, 4) is 11.5 Å². The van der Waals surface area contributed by atoms with Crippen LogP contribution in [-0.4, -0.2) is 42.0 Å². The Bertz CT molecular complexity index is 1020. The Labute approximate surface area is 189 Å². The molecule has 0 aliphatic carbocycles. The summed E-state index contributed by atoms with van der Waals surface area (Å²) in [6.45, 7) is 8.99. The molecular formula is C26H31NO5. The molecule has 2 aromatic carbocycles. The maximum absolute atomic E-state index is 13.0. The molecule has 6 heteroatoms. The second-order valence-corrected chi connectivity index (χ2v) is 8.45. The molecule has 32 heavy (non-hydrogen) atoms. The van der Waals surface area contributed by atoms with E-state index < -0.39 is 17.7 Å². The smallest absolute Gasteiger partial charge is 0.295 e. The molecule has 1 atom stereocenters. The van der Waals surface area contributed by atoms with Crippen LogP contribution in [0.1, 0.15) is 49.9 Å². The molecule has 1 aliphatic heterocycles. The average Bonchev–Trinajstić information content (AvgIpc) is 3.03. The number of aryl methyl sites for hydroxylation is 1. The van der Waals surface area contributed by atoms with Crippen LogP contribution in [0, 0.1) is 12.8 Å². The summed E-state index contributed by atoms with van der Waals surface area (Å²) in [7, 11) is 1.58. The molecular weight excluding hydrogens is 406 g/mol. The first kappa shape index (κ1) is 23.4. The number of methoxy groups -OCH3 is 1. The van der Waals surface area contributed by atoms with Gasteiger partial charge in [0.1, 0.15) is 17.3 Å². The minimum absolute atomic E-state index is 0.101. The van der Waals surface area contributed by atoms with Crippen molar-refractivity contribution in [3.05, 3.63) is 64.7 Å². The zero-order valence-corrected chi connectivity index (χ0v) is 19.3. The highest BCUT2D eigenvalue weighted by Gasteiger charge is 2.45. The molecule has 170 valence electrons. The fraction of sp³-hybridized carbons (Fsp3) is 0.385. The predicted molar refractivity (Wildman–Crippen MR) is 124 cm³/mol. The zero-order chi connectivity index (χ0) is 23.4. The Morgan fingerprint density at radius 2 is 1.81 bits per heavy atom. The van der Waals surface area contributed by atoms with Gasteiger partial charge in [-0.3, -0.25) is 9.59 Å². The zero-order valence-electron chi connectivity index (χ0n) is 19.3. The number of hydrogen-bond acceptors (Lipinski definition) is 5. The van der Waals surface area contributed by atoms with Crippen molar-refractivity contribution in [1.29, 1.82) is 0 Å². The van der Waals surface area contributed by atoms with E-state index in [1.165, 1.54) is 4.90 Å². The summed E-state index contributed by atoms with van der Waals surface area (Å²) in [6, 6.07) is 11.8. The lowest BCUT2D eigenvalue weighted by atomic mass is 9.94. The molecule has 1 N–H and O–H groups in total. The first-order chi connectivity index (χ1) is 15.3. The number of amides is 1. The minimum atomic E-state index is -0.672. The highest BCUT2D eigenvalue weighted by Crippen LogP contribution is 2.40. The van der Waals surface area contributed by atoms with Crippen LogP contribution in [0.2, 0.25) is 0 Å². The van der Waals surface area contributed by atoms with E-state index in [1.807, 2.05) is 26.0 Å². The molecule has 1 fully saturated rings. The van der Waals surface area contributed by atoms with Crippen molar-refractivity contribution >= 4 is 17.4 Å². The number of nitrogens with zero attached hydrogens (tertiary/aromatic N) is 1. The van der Waals surface area contributed by atoms with E-state index in [-0.39, 0.29) is 11.3 Å². The van der Waals surface area contributed by atoms with Crippen molar-refractivity contribution in [2.45, 2.75) is 40.2 Å². The molecule has 2 aromatic rings. The van der Waals surface area contributed by atoms with E-state index >= 15 is 0 Å². The lowest BCUT2D eigenvalue weighted by Gasteiger charge is -2.25. The quantitative estimate of drug-likeness (QED) is 0.362. The van der Waals surface area contributed by atoms with Crippen molar-refractivity contribution in [2.24, 2.45) is 5.92 Å². The van der Waals surface area contributed by atoms with E-state index in [0.29, 0.717) is 36.8 Å². The average molecular weight is 438 g/mol. The van der Waals surface area contributed by atoms with Gasteiger partial charge in [0.2, 0.25) is 0 Å². The third-order valence-corrected chi connectivity index (χ3v) is 5.46. The van der Waals surface area contributed by atoms with Crippen LogP contribution >= 0.6 is 0 Å². The molecule has 1 heterocycles. The van der Waals surface area contributed by atoms with E-state index in [4.69, 9.17) is 9.47 Å². The number of ether oxygens (including phenoxy) is 2. The SMILES string of the molecule is CCCN1C(=O)C(=O)/C(=C(\O)c2ccc(OCC(C)C)c(C)c2)C1c1ccc(OC)cc1. The molecule has 1 aliphatic rings. The second-order valence-electron chi connectivity index (χ2n) is 8.45. The molecule has 0 saturated carbocycles. The summed E-state index contributed by atoms with van der Waals surface area (Å²) < 4.78 is 11.0. The molecule has 0 bridgehead atoms. The van der Waals surface area contributed by atoms with Crippen LogP contribution in [0.5, 0.6) is 11.5 Å². The number of benzene rings is 2. The van der Waals surface area contributed by atoms with E-state index in [1.54, 1.807) is 37.4 Å². The van der Waals surface area contributed by atoms with Gasteiger partial charge in [-0.15, -0.1) is 0 Å². The second kappa shape index (κ2) is 9.90. The number of ketones is 1.